The third-order valence-electron chi connectivity index (χ3n) is 6.03. The minimum absolute atomic E-state index is 0.158. The van der Waals surface area contributed by atoms with Gasteiger partial charge in [-0.2, -0.15) is 0 Å². The average molecular weight is 363 g/mol. The van der Waals surface area contributed by atoms with Crippen LogP contribution in [0.15, 0.2) is 53.7 Å². The Morgan fingerprint density at radius 3 is 2.19 bits per heavy atom. The van der Waals surface area contributed by atoms with Gasteiger partial charge in [0.15, 0.2) is 5.60 Å². The molecule has 4 rings (SSSR count). The maximum Gasteiger partial charge on any atom is 0.152 e. The standard InChI is InChI=1S/C24H30N2O/c1-17-5-7-19(8-6-17)22-21(24(27-26-22)13-15-25-16-14-24)18-9-11-20(12-10-18)23(2,3)4/h5-12,21,25H,13-16H2,1-4H3. The van der Waals surface area contributed by atoms with E-state index >= 15 is 0 Å². The molecule has 1 atom stereocenters. The molecule has 2 aliphatic heterocycles. The molecule has 2 aromatic carbocycles. The fourth-order valence-electron chi connectivity index (χ4n) is 4.31. The lowest BCUT2D eigenvalue weighted by Gasteiger charge is -2.37. The minimum atomic E-state index is -0.227. The van der Waals surface area contributed by atoms with E-state index in [1.54, 1.807) is 0 Å². The largest absolute Gasteiger partial charge is 0.388 e. The summed E-state index contributed by atoms with van der Waals surface area (Å²) >= 11 is 0. The number of nitrogens with one attached hydrogen (secondary N) is 1. The number of rotatable bonds is 2. The van der Waals surface area contributed by atoms with Crippen LogP contribution in [0.4, 0.5) is 0 Å². The van der Waals surface area contributed by atoms with Crippen molar-refractivity contribution in [1.29, 1.82) is 0 Å². The van der Waals surface area contributed by atoms with E-state index in [0.29, 0.717) is 0 Å². The molecular formula is C24H30N2O. The van der Waals surface area contributed by atoms with Crippen molar-refractivity contribution in [2.24, 2.45) is 5.16 Å². The summed E-state index contributed by atoms with van der Waals surface area (Å²) in [5.74, 6) is 0.177. The van der Waals surface area contributed by atoms with Crippen molar-refractivity contribution >= 4 is 5.71 Å². The van der Waals surface area contributed by atoms with E-state index in [0.717, 1.165) is 31.6 Å². The smallest absolute Gasteiger partial charge is 0.152 e. The number of hydrogen-bond donors (Lipinski definition) is 1. The molecule has 2 aliphatic rings. The van der Waals surface area contributed by atoms with Gasteiger partial charge in [0.1, 0.15) is 0 Å². The predicted octanol–water partition coefficient (Wildman–Crippen LogP) is 4.93. The molecule has 0 bridgehead atoms. The highest BCUT2D eigenvalue weighted by atomic mass is 16.7. The second-order valence-corrected chi connectivity index (χ2v) is 9.05. The third kappa shape index (κ3) is 3.41. The molecule has 3 heteroatoms. The molecule has 27 heavy (non-hydrogen) atoms. The maximum absolute atomic E-state index is 6.19. The van der Waals surface area contributed by atoms with Gasteiger partial charge < -0.3 is 10.2 Å². The average Bonchev–Trinajstić information content (AvgIpc) is 3.01. The summed E-state index contributed by atoms with van der Waals surface area (Å²) in [6.45, 7) is 10.9. The first-order valence-electron chi connectivity index (χ1n) is 10.0. The van der Waals surface area contributed by atoms with Crippen LogP contribution in [0.25, 0.3) is 0 Å². The van der Waals surface area contributed by atoms with Gasteiger partial charge in [0.05, 0.1) is 11.6 Å². The Kier molecular flexibility index (Phi) is 4.59. The van der Waals surface area contributed by atoms with E-state index in [2.05, 4.69) is 86.7 Å². The van der Waals surface area contributed by atoms with Crippen molar-refractivity contribution in [3.63, 3.8) is 0 Å². The minimum Gasteiger partial charge on any atom is -0.388 e. The molecule has 0 aromatic heterocycles. The van der Waals surface area contributed by atoms with Gasteiger partial charge in [-0.25, -0.2) is 0 Å². The third-order valence-corrected chi connectivity index (χ3v) is 6.03. The highest BCUT2D eigenvalue weighted by Gasteiger charge is 2.50. The maximum atomic E-state index is 6.19. The molecule has 1 N–H and O–H groups in total. The van der Waals surface area contributed by atoms with Gasteiger partial charge >= 0.3 is 0 Å². The summed E-state index contributed by atoms with van der Waals surface area (Å²) in [6.07, 6.45) is 1.97. The molecule has 3 nitrogen and oxygen atoms in total. The quantitative estimate of drug-likeness (QED) is 0.821. The lowest BCUT2D eigenvalue weighted by atomic mass is 9.72. The van der Waals surface area contributed by atoms with Crippen LogP contribution in [0.1, 0.15) is 61.8 Å². The summed E-state index contributed by atoms with van der Waals surface area (Å²) in [6, 6.07) is 17.8. The Hall–Kier alpha value is -2.13. The molecule has 1 spiro atoms. The van der Waals surface area contributed by atoms with E-state index in [-0.39, 0.29) is 16.9 Å². The first kappa shape index (κ1) is 18.2. The zero-order valence-corrected chi connectivity index (χ0v) is 16.9. The number of benzene rings is 2. The number of piperidine rings is 1. The van der Waals surface area contributed by atoms with Crippen LogP contribution in [0.5, 0.6) is 0 Å². The molecule has 1 fully saturated rings. The SMILES string of the molecule is Cc1ccc(C2=NOC3(CCNCC3)C2c2ccc(C(C)(C)C)cc2)cc1. The molecule has 0 saturated carbocycles. The van der Waals surface area contributed by atoms with Gasteiger partial charge in [-0.1, -0.05) is 80.0 Å². The molecule has 0 radical (unpaired) electrons. The van der Waals surface area contributed by atoms with Crippen LogP contribution >= 0.6 is 0 Å². The zero-order chi connectivity index (χ0) is 19.1. The van der Waals surface area contributed by atoms with Crippen molar-refractivity contribution in [1.82, 2.24) is 5.32 Å². The first-order chi connectivity index (χ1) is 12.9. The van der Waals surface area contributed by atoms with Crippen LogP contribution in [-0.2, 0) is 10.3 Å². The van der Waals surface area contributed by atoms with E-state index in [1.807, 2.05) is 0 Å². The Bertz CT molecular complexity index is 822. The molecule has 2 aromatic rings. The van der Waals surface area contributed by atoms with Gasteiger partial charge in [0, 0.05) is 18.4 Å². The number of oxime groups is 1. The Labute approximate surface area is 162 Å². The van der Waals surface area contributed by atoms with Crippen LogP contribution in [0.2, 0.25) is 0 Å². The monoisotopic (exact) mass is 362 g/mol. The molecule has 0 amide bonds. The van der Waals surface area contributed by atoms with Crippen molar-refractivity contribution in [2.75, 3.05) is 13.1 Å². The highest BCUT2D eigenvalue weighted by molar-refractivity contribution is 6.06. The van der Waals surface area contributed by atoms with E-state index in [1.165, 1.54) is 22.3 Å². The van der Waals surface area contributed by atoms with E-state index in [4.69, 9.17) is 4.84 Å². The highest BCUT2D eigenvalue weighted by Crippen LogP contribution is 2.45. The van der Waals surface area contributed by atoms with Gasteiger partial charge in [-0.3, -0.25) is 0 Å². The summed E-state index contributed by atoms with van der Waals surface area (Å²) in [5, 5.41) is 8.10. The van der Waals surface area contributed by atoms with Gasteiger partial charge in [0.2, 0.25) is 0 Å². The van der Waals surface area contributed by atoms with Crippen molar-refractivity contribution in [3.05, 3.63) is 70.8 Å². The van der Waals surface area contributed by atoms with Gasteiger partial charge in [-0.05, 0) is 36.6 Å². The summed E-state index contributed by atoms with van der Waals surface area (Å²) in [7, 11) is 0. The molecule has 142 valence electrons. The van der Waals surface area contributed by atoms with Crippen LogP contribution < -0.4 is 5.32 Å². The lowest BCUT2D eigenvalue weighted by Crippen LogP contribution is -2.46. The summed E-state index contributed by atoms with van der Waals surface area (Å²) in [4.78, 5) is 6.19. The zero-order valence-electron chi connectivity index (χ0n) is 16.9. The van der Waals surface area contributed by atoms with Gasteiger partial charge in [-0.15, -0.1) is 0 Å². The fraction of sp³-hybridized carbons (Fsp3) is 0.458. The van der Waals surface area contributed by atoms with Crippen molar-refractivity contribution in [3.8, 4) is 0 Å². The van der Waals surface area contributed by atoms with E-state index in [9.17, 15) is 0 Å². The first-order valence-corrected chi connectivity index (χ1v) is 10.0. The fourth-order valence-corrected chi connectivity index (χ4v) is 4.31. The summed E-state index contributed by atoms with van der Waals surface area (Å²) in [5.41, 5.74) is 6.10. The summed E-state index contributed by atoms with van der Waals surface area (Å²) < 4.78 is 0. The topological polar surface area (TPSA) is 33.6 Å². The van der Waals surface area contributed by atoms with Gasteiger partial charge in [0.25, 0.3) is 0 Å². The molecule has 1 saturated heterocycles. The van der Waals surface area contributed by atoms with Crippen molar-refractivity contribution in [2.45, 2.75) is 57.5 Å². The Balaban J connectivity index is 1.75. The second kappa shape index (κ2) is 6.79. The second-order valence-electron chi connectivity index (χ2n) is 9.05. The molecular weight excluding hydrogens is 332 g/mol. The number of nitrogens with zero attached hydrogens (tertiary/aromatic N) is 1. The van der Waals surface area contributed by atoms with Crippen molar-refractivity contribution < 1.29 is 4.84 Å². The lowest BCUT2D eigenvalue weighted by molar-refractivity contribution is -0.0501. The number of aryl methyl sites for hydroxylation is 1. The Morgan fingerprint density at radius 1 is 0.963 bits per heavy atom. The molecule has 0 aliphatic carbocycles. The number of hydrogen-bond acceptors (Lipinski definition) is 3. The normalized spacial score (nSPS) is 21.8. The van der Waals surface area contributed by atoms with Crippen LogP contribution in [0.3, 0.4) is 0 Å². The molecule has 1 unspecified atom stereocenters. The van der Waals surface area contributed by atoms with Crippen LogP contribution in [-0.4, -0.2) is 24.4 Å². The predicted molar refractivity (Wildman–Crippen MR) is 112 cm³/mol. The van der Waals surface area contributed by atoms with Crippen LogP contribution in [0, 0.1) is 6.92 Å². The van der Waals surface area contributed by atoms with E-state index < -0.39 is 0 Å². The Morgan fingerprint density at radius 2 is 1.59 bits per heavy atom. The molecule has 2 heterocycles.